The van der Waals surface area contributed by atoms with Crippen molar-refractivity contribution in [3.63, 3.8) is 0 Å². The van der Waals surface area contributed by atoms with Gasteiger partial charge in [-0.3, -0.25) is 0 Å². The van der Waals surface area contributed by atoms with Crippen LogP contribution in [-0.2, 0) is 6.54 Å². The molecule has 2 N–H and O–H groups in total. The molecule has 5 heteroatoms. The SMILES string of the molecule is CSCCC(C)NCc1n[nH]nc1-c1ccccc1. The maximum absolute atomic E-state index is 4.25. The monoisotopic (exact) mass is 276 g/mol. The van der Waals surface area contributed by atoms with Crippen LogP contribution in [0.15, 0.2) is 30.3 Å². The van der Waals surface area contributed by atoms with Crippen LogP contribution in [0.2, 0.25) is 0 Å². The van der Waals surface area contributed by atoms with Crippen LogP contribution in [0.5, 0.6) is 0 Å². The summed E-state index contributed by atoms with van der Waals surface area (Å²) in [5, 5.41) is 14.7. The summed E-state index contributed by atoms with van der Waals surface area (Å²) >= 11 is 1.88. The molecule has 0 bridgehead atoms. The van der Waals surface area contributed by atoms with Crippen molar-refractivity contribution in [3.8, 4) is 11.3 Å². The molecule has 0 saturated heterocycles. The van der Waals surface area contributed by atoms with E-state index in [4.69, 9.17) is 0 Å². The number of aromatic nitrogens is 3. The third kappa shape index (κ3) is 4.08. The van der Waals surface area contributed by atoms with E-state index in [0.29, 0.717) is 6.04 Å². The normalized spacial score (nSPS) is 12.5. The smallest absolute Gasteiger partial charge is 0.117 e. The number of thioether (sulfide) groups is 1. The summed E-state index contributed by atoms with van der Waals surface area (Å²) in [6.07, 6.45) is 3.30. The van der Waals surface area contributed by atoms with Gasteiger partial charge < -0.3 is 5.32 Å². The first-order valence-corrected chi connectivity index (χ1v) is 7.88. The second-order valence-electron chi connectivity index (χ2n) is 4.55. The lowest BCUT2D eigenvalue weighted by molar-refractivity contribution is 0.532. The molecule has 19 heavy (non-hydrogen) atoms. The van der Waals surface area contributed by atoms with Crippen LogP contribution in [0, 0.1) is 0 Å². The van der Waals surface area contributed by atoms with Gasteiger partial charge in [-0.05, 0) is 25.4 Å². The van der Waals surface area contributed by atoms with E-state index in [1.165, 1.54) is 12.2 Å². The minimum absolute atomic E-state index is 0.493. The third-order valence-electron chi connectivity index (χ3n) is 3.04. The average Bonchev–Trinajstić information content (AvgIpc) is 2.92. The van der Waals surface area contributed by atoms with Crippen molar-refractivity contribution in [1.29, 1.82) is 0 Å². The highest BCUT2D eigenvalue weighted by Crippen LogP contribution is 2.18. The van der Waals surface area contributed by atoms with Gasteiger partial charge >= 0.3 is 0 Å². The number of hydrogen-bond acceptors (Lipinski definition) is 4. The van der Waals surface area contributed by atoms with Gasteiger partial charge in [0.25, 0.3) is 0 Å². The predicted molar refractivity (Wildman–Crippen MR) is 81.1 cm³/mol. The number of rotatable bonds is 7. The molecule has 1 aromatic heterocycles. The maximum Gasteiger partial charge on any atom is 0.117 e. The molecule has 0 aliphatic rings. The van der Waals surface area contributed by atoms with Crippen molar-refractivity contribution in [3.05, 3.63) is 36.0 Å². The van der Waals surface area contributed by atoms with Crippen LogP contribution >= 0.6 is 11.8 Å². The quantitative estimate of drug-likeness (QED) is 0.816. The zero-order valence-corrected chi connectivity index (χ0v) is 12.2. The molecular formula is C14H20N4S. The molecule has 1 unspecified atom stereocenters. The van der Waals surface area contributed by atoms with Crippen LogP contribution in [0.1, 0.15) is 19.0 Å². The Hall–Kier alpha value is -1.33. The molecule has 0 fully saturated rings. The molecule has 0 saturated carbocycles. The van der Waals surface area contributed by atoms with E-state index in [-0.39, 0.29) is 0 Å². The van der Waals surface area contributed by atoms with Crippen LogP contribution in [0.3, 0.4) is 0 Å². The van der Waals surface area contributed by atoms with Crippen molar-refractivity contribution in [1.82, 2.24) is 20.7 Å². The topological polar surface area (TPSA) is 53.6 Å². The van der Waals surface area contributed by atoms with Crippen LogP contribution in [0.4, 0.5) is 0 Å². The molecule has 4 nitrogen and oxygen atoms in total. The lowest BCUT2D eigenvalue weighted by atomic mass is 10.1. The molecule has 1 aromatic carbocycles. The predicted octanol–water partition coefficient (Wildman–Crippen LogP) is 2.70. The van der Waals surface area contributed by atoms with Crippen molar-refractivity contribution < 1.29 is 0 Å². The van der Waals surface area contributed by atoms with Gasteiger partial charge in [0.1, 0.15) is 11.4 Å². The van der Waals surface area contributed by atoms with E-state index in [0.717, 1.165) is 23.5 Å². The van der Waals surface area contributed by atoms with Gasteiger partial charge in [0.15, 0.2) is 0 Å². The highest BCUT2D eigenvalue weighted by Gasteiger charge is 2.10. The summed E-state index contributed by atoms with van der Waals surface area (Å²) in [6.45, 7) is 2.95. The first-order valence-electron chi connectivity index (χ1n) is 6.48. The summed E-state index contributed by atoms with van der Waals surface area (Å²) in [6, 6.07) is 10.6. The van der Waals surface area contributed by atoms with E-state index in [1.54, 1.807) is 0 Å². The lowest BCUT2D eigenvalue weighted by Crippen LogP contribution is -2.26. The first-order chi connectivity index (χ1) is 9.31. The van der Waals surface area contributed by atoms with Gasteiger partial charge in [0.05, 0.1) is 0 Å². The number of nitrogens with one attached hydrogen (secondary N) is 2. The standard InChI is InChI=1S/C14H20N4S/c1-11(8-9-19-2)15-10-13-14(17-18-16-13)12-6-4-3-5-7-12/h3-7,11,15H,8-10H2,1-2H3,(H,16,17,18). The molecule has 2 aromatic rings. The van der Waals surface area contributed by atoms with E-state index < -0.39 is 0 Å². The molecule has 0 radical (unpaired) electrons. The summed E-state index contributed by atoms with van der Waals surface area (Å²) in [4.78, 5) is 0. The van der Waals surface area contributed by atoms with Crippen molar-refractivity contribution in [2.75, 3.05) is 12.0 Å². The number of hydrogen-bond donors (Lipinski definition) is 2. The van der Waals surface area contributed by atoms with Crippen molar-refractivity contribution in [2.24, 2.45) is 0 Å². The van der Waals surface area contributed by atoms with Gasteiger partial charge in [0, 0.05) is 18.2 Å². The Kier molecular flexibility index (Phi) is 5.42. The van der Waals surface area contributed by atoms with Gasteiger partial charge in [-0.15, -0.1) is 0 Å². The first kappa shape index (κ1) is 14.1. The van der Waals surface area contributed by atoms with Gasteiger partial charge in [0.2, 0.25) is 0 Å². The summed E-state index contributed by atoms with van der Waals surface area (Å²) in [5.74, 6) is 1.18. The van der Waals surface area contributed by atoms with Gasteiger partial charge in [-0.1, -0.05) is 30.3 Å². The summed E-state index contributed by atoms with van der Waals surface area (Å²) < 4.78 is 0. The minimum atomic E-state index is 0.493. The number of nitrogens with zero attached hydrogens (tertiary/aromatic N) is 2. The average molecular weight is 276 g/mol. The molecule has 1 atom stereocenters. The fourth-order valence-electron chi connectivity index (χ4n) is 1.87. The number of benzene rings is 1. The number of H-pyrrole nitrogens is 1. The highest BCUT2D eigenvalue weighted by atomic mass is 32.2. The van der Waals surface area contributed by atoms with Crippen LogP contribution < -0.4 is 5.32 Å². The number of aromatic amines is 1. The van der Waals surface area contributed by atoms with Crippen molar-refractivity contribution >= 4 is 11.8 Å². The van der Waals surface area contributed by atoms with E-state index in [9.17, 15) is 0 Å². The molecular weight excluding hydrogens is 256 g/mol. The fourth-order valence-corrected chi connectivity index (χ4v) is 2.46. The Morgan fingerprint density at radius 2 is 2.05 bits per heavy atom. The molecule has 102 valence electrons. The van der Waals surface area contributed by atoms with E-state index in [1.807, 2.05) is 30.0 Å². The van der Waals surface area contributed by atoms with Crippen LogP contribution in [0.25, 0.3) is 11.3 Å². The zero-order chi connectivity index (χ0) is 13.5. The van der Waals surface area contributed by atoms with Gasteiger partial charge in [-0.25, -0.2) is 0 Å². The fraction of sp³-hybridized carbons (Fsp3) is 0.429. The molecule has 2 rings (SSSR count). The molecule has 0 aliphatic heterocycles. The third-order valence-corrected chi connectivity index (χ3v) is 3.68. The largest absolute Gasteiger partial charge is 0.308 e. The summed E-state index contributed by atoms with van der Waals surface area (Å²) in [5.41, 5.74) is 3.01. The second-order valence-corrected chi connectivity index (χ2v) is 5.53. The van der Waals surface area contributed by atoms with Crippen LogP contribution in [-0.4, -0.2) is 33.5 Å². The van der Waals surface area contributed by atoms with Gasteiger partial charge in [-0.2, -0.15) is 27.2 Å². The highest BCUT2D eigenvalue weighted by molar-refractivity contribution is 7.98. The van der Waals surface area contributed by atoms with E-state index in [2.05, 4.69) is 46.0 Å². The second kappa shape index (κ2) is 7.31. The molecule has 0 spiro atoms. The zero-order valence-electron chi connectivity index (χ0n) is 11.4. The Bertz CT molecular complexity index is 483. The molecule has 1 heterocycles. The van der Waals surface area contributed by atoms with E-state index >= 15 is 0 Å². The Balaban J connectivity index is 1.97. The minimum Gasteiger partial charge on any atom is -0.308 e. The molecule has 0 aliphatic carbocycles. The summed E-state index contributed by atoms with van der Waals surface area (Å²) in [7, 11) is 0. The Labute approximate surface area is 118 Å². The molecule has 0 amide bonds. The Morgan fingerprint density at radius 3 is 2.79 bits per heavy atom. The maximum atomic E-state index is 4.25. The van der Waals surface area contributed by atoms with Crippen molar-refractivity contribution in [2.45, 2.75) is 25.9 Å². The Morgan fingerprint density at radius 1 is 1.26 bits per heavy atom. The lowest BCUT2D eigenvalue weighted by Gasteiger charge is -2.12.